The summed E-state index contributed by atoms with van der Waals surface area (Å²) in [5.74, 6) is 0.188. The van der Waals surface area contributed by atoms with E-state index in [1.807, 2.05) is 18.2 Å². The summed E-state index contributed by atoms with van der Waals surface area (Å²) in [6.45, 7) is 1.38. The summed E-state index contributed by atoms with van der Waals surface area (Å²) in [6.07, 6.45) is 3.22. The first-order valence-electron chi connectivity index (χ1n) is 5.09. The van der Waals surface area contributed by atoms with Gasteiger partial charge in [0.15, 0.2) is 0 Å². The minimum atomic E-state index is 0.188. The molecule has 0 atom stereocenters. The van der Waals surface area contributed by atoms with E-state index in [0.29, 0.717) is 13.1 Å². The third-order valence-corrected chi connectivity index (χ3v) is 2.15. The highest BCUT2D eigenvalue weighted by atomic mass is 16.3. The van der Waals surface area contributed by atoms with Gasteiger partial charge in [-0.05, 0) is 24.3 Å². The first-order chi connectivity index (χ1) is 7.84. The molecule has 0 fully saturated rings. The van der Waals surface area contributed by atoms with Crippen LogP contribution >= 0.6 is 0 Å². The molecule has 2 N–H and O–H groups in total. The van der Waals surface area contributed by atoms with E-state index in [-0.39, 0.29) is 5.75 Å². The summed E-state index contributed by atoms with van der Waals surface area (Å²) in [4.78, 5) is 8.28. The van der Waals surface area contributed by atoms with Crippen LogP contribution in [-0.4, -0.2) is 15.1 Å². The van der Waals surface area contributed by atoms with Crippen molar-refractivity contribution in [3.8, 4) is 5.75 Å². The van der Waals surface area contributed by atoms with Crippen molar-refractivity contribution in [2.75, 3.05) is 0 Å². The van der Waals surface area contributed by atoms with Gasteiger partial charge in [0, 0.05) is 19.3 Å². The molecular formula is C12H13N3O. The molecule has 0 aliphatic carbocycles. The summed E-state index contributed by atoms with van der Waals surface area (Å²) >= 11 is 0. The van der Waals surface area contributed by atoms with E-state index in [1.165, 1.54) is 6.20 Å². The number of nitrogens with zero attached hydrogens (tertiary/aromatic N) is 2. The average Bonchev–Trinajstić information content (AvgIpc) is 2.33. The second-order valence-corrected chi connectivity index (χ2v) is 3.43. The molecule has 16 heavy (non-hydrogen) atoms. The summed E-state index contributed by atoms with van der Waals surface area (Å²) in [5, 5.41) is 12.3. The Morgan fingerprint density at radius 2 is 1.81 bits per heavy atom. The third-order valence-electron chi connectivity index (χ3n) is 2.15. The van der Waals surface area contributed by atoms with Crippen LogP contribution in [0.15, 0.2) is 42.7 Å². The van der Waals surface area contributed by atoms with E-state index in [2.05, 4.69) is 15.3 Å². The van der Waals surface area contributed by atoms with Gasteiger partial charge in [-0.2, -0.15) is 0 Å². The van der Waals surface area contributed by atoms with Crippen molar-refractivity contribution in [2.45, 2.75) is 13.1 Å². The number of aromatic nitrogens is 2. The molecule has 4 heteroatoms. The molecule has 2 heterocycles. The Morgan fingerprint density at radius 3 is 2.44 bits per heavy atom. The van der Waals surface area contributed by atoms with Gasteiger partial charge >= 0.3 is 0 Å². The van der Waals surface area contributed by atoms with Crippen LogP contribution < -0.4 is 5.32 Å². The highest BCUT2D eigenvalue weighted by molar-refractivity contribution is 5.17. The van der Waals surface area contributed by atoms with Gasteiger partial charge < -0.3 is 10.4 Å². The highest BCUT2D eigenvalue weighted by Gasteiger charge is 1.95. The molecule has 4 nitrogen and oxygen atoms in total. The molecule has 0 aromatic carbocycles. The number of aromatic hydroxyl groups is 1. The number of hydrogen-bond donors (Lipinski definition) is 2. The molecule has 82 valence electrons. The summed E-state index contributed by atoms with van der Waals surface area (Å²) < 4.78 is 0. The molecule has 0 amide bonds. The number of rotatable bonds is 4. The van der Waals surface area contributed by atoms with Crippen molar-refractivity contribution in [1.82, 2.24) is 15.3 Å². The summed E-state index contributed by atoms with van der Waals surface area (Å²) in [5.41, 5.74) is 1.90. The standard InChI is InChI=1S/C12H13N3O/c16-12-5-4-11(15-9-12)8-13-7-10-3-1-2-6-14-10/h1-6,9,13,16H,7-8H2. The van der Waals surface area contributed by atoms with E-state index in [0.717, 1.165) is 11.4 Å². The van der Waals surface area contributed by atoms with Crippen LogP contribution in [0.5, 0.6) is 5.75 Å². The maximum atomic E-state index is 9.07. The Balaban J connectivity index is 1.82. The van der Waals surface area contributed by atoms with Crippen molar-refractivity contribution in [3.63, 3.8) is 0 Å². The van der Waals surface area contributed by atoms with Crippen LogP contribution in [0.25, 0.3) is 0 Å². The second kappa shape index (κ2) is 5.23. The predicted octanol–water partition coefficient (Wildman–Crippen LogP) is 1.47. The fraction of sp³-hybridized carbons (Fsp3) is 0.167. The van der Waals surface area contributed by atoms with Gasteiger partial charge in [0.1, 0.15) is 5.75 Å². The van der Waals surface area contributed by atoms with E-state index in [1.54, 1.807) is 18.3 Å². The average molecular weight is 215 g/mol. The Kier molecular flexibility index (Phi) is 3.46. The van der Waals surface area contributed by atoms with E-state index in [4.69, 9.17) is 5.11 Å². The maximum Gasteiger partial charge on any atom is 0.133 e. The minimum Gasteiger partial charge on any atom is -0.506 e. The molecule has 0 aliphatic rings. The fourth-order valence-corrected chi connectivity index (χ4v) is 1.34. The Labute approximate surface area is 94.0 Å². The van der Waals surface area contributed by atoms with Crippen LogP contribution in [0, 0.1) is 0 Å². The van der Waals surface area contributed by atoms with Gasteiger partial charge in [0.2, 0.25) is 0 Å². The zero-order valence-corrected chi connectivity index (χ0v) is 8.80. The van der Waals surface area contributed by atoms with Crippen LogP contribution in [0.2, 0.25) is 0 Å². The monoisotopic (exact) mass is 215 g/mol. The smallest absolute Gasteiger partial charge is 0.133 e. The van der Waals surface area contributed by atoms with Gasteiger partial charge in [-0.1, -0.05) is 6.07 Å². The number of hydrogen-bond acceptors (Lipinski definition) is 4. The van der Waals surface area contributed by atoms with E-state index >= 15 is 0 Å². The van der Waals surface area contributed by atoms with Gasteiger partial charge in [-0.25, -0.2) is 0 Å². The van der Waals surface area contributed by atoms with Crippen molar-refractivity contribution in [1.29, 1.82) is 0 Å². The normalized spacial score (nSPS) is 10.2. The molecule has 2 aromatic heterocycles. The molecule has 0 unspecified atom stereocenters. The van der Waals surface area contributed by atoms with Crippen LogP contribution in [0.3, 0.4) is 0 Å². The number of nitrogens with one attached hydrogen (secondary N) is 1. The highest BCUT2D eigenvalue weighted by Crippen LogP contribution is 2.05. The third kappa shape index (κ3) is 3.03. The van der Waals surface area contributed by atoms with Crippen LogP contribution in [0.4, 0.5) is 0 Å². The second-order valence-electron chi connectivity index (χ2n) is 3.43. The van der Waals surface area contributed by atoms with Gasteiger partial charge in [0.25, 0.3) is 0 Å². The Bertz CT molecular complexity index is 428. The molecular weight excluding hydrogens is 202 g/mol. The molecule has 0 saturated carbocycles. The molecule has 0 radical (unpaired) electrons. The first-order valence-corrected chi connectivity index (χ1v) is 5.09. The van der Waals surface area contributed by atoms with Gasteiger partial charge in [-0.15, -0.1) is 0 Å². The lowest BCUT2D eigenvalue weighted by Crippen LogP contribution is -2.14. The fourth-order valence-electron chi connectivity index (χ4n) is 1.34. The number of pyridine rings is 2. The topological polar surface area (TPSA) is 58.0 Å². The molecule has 2 rings (SSSR count). The lowest BCUT2D eigenvalue weighted by atomic mass is 10.3. The lowest BCUT2D eigenvalue weighted by molar-refractivity contribution is 0.471. The van der Waals surface area contributed by atoms with Crippen molar-refractivity contribution >= 4 is 0 Å². The van der Waals surface area contributed by atoms with Crippen LogP contribution in [-0.2, 0) is 13.1 Å². The molecule has 2 aromatic rings. The lowest BCUT2D eigenvalue weighted by Gasteiger charge is -2.03. The Morgan fingerprint density at radius 1 is 1.00 bits per heavy atom. The largest absolute Gasteiger partial charge is 0.506 e. The minimum absolute atomic E-state index is 0.188. The van der Waals surface area contributed by atoms with Crippen molar-refractivity contribution in [3.05, 3.63) is 54.1 Å². The van der Waals surface area contributed by atoms with Crippen molar-refractivity contribution in [2.24, 2.45) is 0 Å². The molecule has 0 saturated heterocycles. The SMILES string of the molecule is Oc1ccc(CNCc2ccccn2)nc1. The Hall–Kier alpha value is -1.94. The van der Waals surface area contributed by atoms with Crippen molar-refractivity contribution < 1.29 is 5.11 Å². The first kappa shape index (κ1) is 10.6. The van der Waals surface area contributed by atoms with Gasteiger partial charge in [-0.3, -0.25) is 9.97 Å². The van der Waals surface area contributed by atoms with Crippen LogP contribution in [0.1, 0.15) is 11.4 Å². The van der Waals surface area contributed by atoms with E-state index < -0.39 is 0 Å². The molecule has 0 spiro atoms. The van der Waals surface area contributed by atoms with E-state index in [9.17, 15) is 0 Å². The zero-order chi connectivity index (χ0) is 11.2. The predicted molar refractivity (Wildman–Crippen MR) is 60.7 cm³/mol. The quantitative estimate of drug-likeness (QED) is 0.811. The molecule has 0 bridgehead atoms. The zero-order valence-electron chi connectivity index (χ0n) is 8.80. The summed E-state index contributed by atoms with van der Waals surface area (Å²) in [7, 11) is 0. The molecule has 0 aliphatic heterocycles. The van der Waals surface area contributed by atoms with Gasteiger partial charge in [0.05, 0.1) is 17.6 Å². The summed E-state index contributed by atoms with van der Waals surface area (Å²) in [6, 6.07) is 9.25. The maximum absolute atomic E-state index is 9.07.